The zero-order valence-electron chi connectivity index (χ0n) is 27.2. The summed E-state index contributed by atoms with van der Waals surface area (Å²) in [6.07, 6.45) is -0.343. The van der Waals surface area contributed by atoms with Crippen LogP contribution in [0.25, 0.3) is 0 Å². The molecular weight excluding hydrogens is 645 g/mol. The van der Waals surface area contributed by atoms with Crippen molar-refractivity contribution in [1.82, 2.24) is 10.0 Å². The van der Waals surface area contributed by atoms with Crippen molar-refractivity contribution in [1.29, 1.82) is 0 Å². The molecule has 0 aliphatic carbocycles. The monoisotopic (exact) mass is 684 g/mol. The van der Waals surface area contributed by atoms with E-state index < -0.39 is 50.9 Å². The van der Waals surface area contributed by atoms with Crippen LogP contribution in [0.15, 0.2) is 82.6 Å². The van der Waals surface area contributed by atoms with E-state index in [-0.39, 0.29) is 40.5 Å². The molecule has 0 bridgehead atoms. The standard InChI is InChI=1S/C34H40N2O9S2/c1-33(2,3)44-30(39)19-27(29(38)21-46-24-10-8-7-9-11-24)36-31(40)23-14-12-22(13-15-23)20-35-47(42,43)25-16-17-28(37)26(18-25)32(41)45-34(4,5)6/h7-18,27,35,37H,19-21H2,1-6H3,(H,36,40)/t27-/m0/s1. The number of sulfonamides is 1. The van der Waals surface area contributed by atoms with E-state index in [1.807, 2.05) is 30.3 Å². The van der Waals surface area contributed by atoms with Crippen LogP contribution in [-0.4, -0.2) is 60.2 Å². The summed E-state index contributed by atoms with van der Waals surface area (Å²) in [4.78, 5) is 51.9. The number of ketones is 1. The third-order valence-corrected chi connectivity index (χ3v) is 8.62. The van der Waals surface area contributed by atoms with Crippen molar-refractivity contribution in [3.63, 3.8) is 0 Å². The number of thioether (sulfide) groups is 1. The molecule has 11 nitrogen and oxygen atoms in total. The van der Waals surface area contributed by atoms with Gasteiger partial charge in [-0.15, -0.1) is 11.8 Å². The Bertz CT molecular complexity index is 1690. The average Bonchev–Trinajstić information content (AvgIpc) is 2.97. The maximum atomic E-state index is 13.1. The van der Waals surface area contributed by atoms with E-state index in [2.05, 4.69) is 10.0 Å². The number of aromatic hydroxyl groups is 1. The normalized spacial score (nSPS) is 12.6. The molecule has 1 amide bonds. The first-order valence-corrected chi connectivity index (χ1v) is 17.2. The predicted octanol–water partition coefficient (Wildman–Crippen LogP) is 5.02. The van der Waals surface area contributed by atoms with Crippen LogP contribution in [0.2, 0.25) is 0 Å². The first kappa shape index (κ1) is 37.3. The fourth-order valence-electron chi connectivity index (χ4n) is 4.02. The van der Waals surface area contributed by atoms with Crippen LogP contribution in [0, 0.1) is 0 Å². The van der Waals surface area contributed by atoms with Crippen molar-refractivity contribution < 1.29 is 42.2 Å². The average molecular weight is 685 g/mol. The maximum Gasteiger partial charge on any atom is 0.342 e. The molecule has 0 saturated heterocycles. The Morgan fingerprint density at radius 1 is 0.851 bits per heavy atom. The largest absolute Gasteiger partial charge is 0.507 e. The van der Waals surface area contributed by atoms with Gasteiger partial charge in [0.05, 0.1) is 23.1 Å². The summed E-state index contributed by atoms with van der Waals surface area (Å²) < 4.78 is 39.0. The van der Waals surface area contributed by atoms with Gasteiger partial charge in [0.15, 0.2) is 5.78 Å². The highest BCUT2D eigenvalue weighted by Gasteiger charge is 2.28. The van der Waals surface area contributed by atoms with Crippen LogP contribution in [0.5, 0.6) is 5.75 Å². The van der Waals surface area contributed by atoms with E-state index >= 15 is 0 Å². The number of esters is 2. The van der Waals surface area contributed by atoms with Crippen molar-refractivity contribution in [3.05, 3.63) is 89.5 Å². The van der Waals surface area contributed by atoms with Crippen molar-refractivity contribution >= 4 is 45.4 Å². The Balaban J connectivity index is 1.68. The van der Waals surface area contributed by atoms with Gasteiger partial charge in [0, 0.05) is 17.0 Å². The van der Waals surface area contributed by atoms with Crippen molar-refractivity contribution in [2.24, 2.45) is 0 Å². The molecule has 0 heterocycles. The Labute approximate surface area is 279 Å². The molecule has 0 spiro atoms. The number of hydrogen-bond donors (Lipinski definition) is 3. The maximum absolute atomic E-state index is 13.1. The molecule has 252 valence electrons. The van der Waals surface area contributed by atoms with Gasteiger partial charge < -0.3 is 19.9 Å². The molecule has 3 aromatic carbocycles. The van der Waals surface area contributed by atoms with Gasteiger partial charge in [0.25, 0.3) is 5.91 Å². The topological polar surface area (TPSA) is 165 Å². The number of phenols is 1. The molecule has 0 aromatic heterocycles. The van der Waals surface area contributed by atoms with Gasteiger partial charge in [-0.3, -0.25) is 14.4 Å². The molecule has 47 heavy (non-hydrogen) atoms. The number of nitrogens with one attached hydrogen (secondary N) is 2. The first-order valence-electron chi connectivity index (χ1n) is 14.7. The molecule has 0 fully saturated rings. The predicted molar refractivity (Wildman–Crippen MR) is 178 cm³/mol. The summed E-state index contributed by atoms with van der Waals surface area (Å²) in [6, 6.07) is 17.4. The lowest BCUT2D eigenvalue weighted by Gasteiger charge is -2.22. The molecule has 1 atom stereocenters. The Morgan fingerprint density at radius 3 is 2.06 bits per heavy atom. The summed E-state index contributed by atoms with van der Waals surface area (Å²) in [6.45, 7) is 9.91. The number of Topliss-reactive ketones (excluding diaryl/α,β-unsaturated/α-hetero) is 1. The molecule has 0 radical (unpaired) electrons. The second-order valence-electron chi connectivity index (χ2n) is 12.6. The van der Waals surface area contributed by atoms with Crippen LogP contribution < -0.4 is 10.0 Å². The minimum atomic E-state index is -4.11. The first-order chi connectivity index (χ1) is 21.8. The van der Waals surface area contributed by atoms with Crippen LogP contribution in [0.3, 0.4) is 0 Å². The molecule has 3 rings (SSSR count). The second kappa shape index (κ2) is 15.6. The number of carbonyl (C=O) groups is 4. The highest BCUT2D eigenvalue weighted by molar-refractivity contribution is 8.00. The molecule has 0 unspecified atom stereocenters. The summed E-state index contributed by atoms with van der Waals surface area (Å²) in [7, 11) is -4.11. The molecular formula is C34H40N2O9S2. The van der Waals surface area contributed by atoms with Crippen LogP contribution >= 0.6 is 11.8 Å². The van der Waals surface area contributed by atoms with Crippen molar-refractivity contribution in [2.45, 2.75) is 81.5 Å². The van der Waals surface area contributed by atoms with Crippen LogP contribution in [-0.2, 0) is 35.6 Å². The molecule has 3 N–H and O–H groups in total. The quantitative estimate of drug-likeness (QED) is 0.165. The van der Waals surface area contributed by atoms with E-state index in [1.54, 1.807) is 41.5 Å². The number of amides is 1. The van der Waals surface area contributed by atoms with E-state index in [0.29, 0.717) is 5.56 Å². The third-order valence-electron chi connectivity index (χ3n) is 6.19. The van der Waals surface area contributed by atoms with Crippen molar-refractivity contribution in [2.75, 3.05) is 5.75 Å². The van der Waals surface area contributed by atoms with E-state index in [9.17, 15) is 32.7 Å². The molecule has 0 aliphatic heterocycles. The van der Waals surface area contributed by atoms with Gasteiger partial charge in [0.2, 0.25) is 10.0 Å². The van der Waals surface area contributed by atoms with E-state index in [4.69, 9.17) is 9.47 Å². The number of hydrogen-bond acceptors (Lipinski definition) is 10. The SMILES string of the molecule is CC(C)(C)OC(=O)C[C@H](NC(=O)c1ccc(CNS(=O)(=O)c2ccc(O)c(C(=O)OC(C)(C)C)c2)cc1)C(=O)CSc1ccccc1. The zero-order valence-corrected chi connectivity index (χ0v) is 28.8. The number of rotatable bonds is 13. The highest BCUT2D eigenvalue weighted by Crippen LogP contribution is 2.24. The minimum Gasteiger partial charge on any atom is -0.507 e. The third kappa shape index (κ3) is 12.2. The number of carbonyl (C=O) groups excluding carboxylic acids is 4. The lowest BCUT2D eigenvalue weighted by Crippen LogP contribution is -2.44. The van der Waals surface area contributed by atoms with Crippen LogP contribution in [0.1, 0.15) is 74.2 Å². The summed E-state index contributed by atoms with van der Waals surface area (Å²) >= 11 is 1.29. The Hall–Kier alpha value is -4.20. The van der Waals surface area contributed by atoms with Gasteiger partial charge >= 0.3 is 11.9 Å². The summed E-state index contributed by atoms with van der Waals surface area (Å²) in [5.41, 5.74) is -1.21. The molecule has 3 aromatic rings. The van der Waals surface area contributed by atoms with Gasteiger partial charge in [0.1, 0.15) is 22.5 Å². The fraction of sp³-hybridized carbons (Fsp3) is 0.353. The lowest BCUT2D eigenvalue weighted by atomic mass is 10.1. The van der Waals surface area contributed by atoms with Gasteiger partial charge in [-0.1, -0.05) is 30.3 Å². The Kier molecular flexibility index (Phi) is 12.4. The molecule has 0 aliphatic rings. The number of benzene rings is 3. The number of phenolic OH excluding ortho intramolecular Hbond substituents is 1. The number of ether oxygens (including phenoxy) is 2. The van der Waals surface area contributed by atoms with E-state index in [0.717, 1.165) is 23.1 Å². The smallest absolute Gasteiger partial charge is 0.342 e. The van der Waals surface area contributed by atoms with E-state index in [1.165, 1.54) is 36.0 Å². The van der Waals surface area contributed by atoms with Crippen LogP contribution in [0.4, 0.5) is 0 Å². The Morgan fingerprint density at radius 2 is 1.47 bits per heavy atom. The molecule has 13 heteroatoms. The minimum absolute atomic E-state index is 0.0249. The van der Waals surface area contributed by atoms with Crippen molar-refractivity contribution in [3.8, 4) is 5.75 Å². The van der Waals surface area contributed by atoms with Gasteiger partial charge in [-0.25, -0.2) is 17.9 Å². The fourth-order valence-corrected chi connectivity index (χ4v) is 5.93. The summed E-state index contributed by atoms with van der Waals surface area (Å²) in [5.74, 6) is -2.84. The second-order valence-corrected chi connectivity index (χ2v) is 15.4. The van der Waals surface area contributed by atoms with Gasteiger partial charge in [-0.2, -0.15) is 0 Å². The molecule has 0 saturated carbocycles. The highest BCUT2D eigenvalue weighted by atomic mass is 32.2. The zero-order chi connectivity index (χ0) is 35.0. The lowest BCUT2D eigenvalue weighted by molar-refractivity contribution is -0.156. The summed E-state index contributed by atoms with van der Waals surface area (Å²) in [5, 5.41) is 12.7. The van der Waals surface area contributed by atoms with Gasteiger partial charge in [-0.05, 0) is 89.6 Å².